The van der Waals surface area contributed by atoms with Crippen LogP contribution in [0.2, 0.25) is 0 Å². The van der Waals surface area contributed by atoms with Crippen LogP contribution in [0.5, 0.6) is 0 Å². The van der Waals surface area contributed by atoms with Crippen molar-refractivity contribution < 1.29 is 12.9 Å². The van der Waals surface area contributed by atoms with Gasteiger partial charge in [0.25, 0.3) is 0 Å². The zero-order valence-corrected chi connectivity index (χ0v) is 20.5. The van der Waals surface area contributed by atoms with Gasteiger partial charge in [0, 0.05) is 43.0 Å². The summed E-state index contributed by atoms with van der Waals surface area (Å²) in [5.74, 6) is 2.44. The lowest BCUT2D eigenvalue weighted by Crippen LogP contribution is -2.34. The van der Waals surface area contributed by atoms with Crippen molar-refractivity contribution in [3.63, 3.8) is 0 Å². The van der Waals surface area contributed by atoms with Gasteiger partial charge in [0.1, 0.15) is 5.82 Å². The molecule has 1 aliphatic rings. The number of hydrogen-bond acceptors (Lipinski definition) is 7. The van der Waals surface area contributed by atoms with Crippen LogP contribution in [0.1, 0.15) is 44.0 Å². The maximum absolute atomic E-state index is 11.8. The molecule has 0 amide bonds. The number of fused-ring (bicyclic) bond motifs is 1. The molecule has 178 valence electrons. The predicted molar refractivity (Wildman–Crippen MR) is 131 cm³/mol. The van der Waals surface area contributed by atoms with Gasteiger partial charge in [-0.05, 0) is 61.1 Å². The maximum Gasteiger partial charge on any atom is 0.324 e. The number of aromatic nitrogens is 4. The zero-order chi connectivity index (χ0) is 23.9. The van der Waals surface area contributed by atoms with Crippen molar-refractivity contribution >= 4 is 26.8 Å². The second kappa shape index (κ2) is 8.87. The molecule has 34 heavy (non-hydrogen) atoms. The first-order valence-electron chi connectivity index (χ1n) is 11.6. The quantitative estimate of drug-likeness (QED) is 0.405. The van der Waals surface area contributed by atoms with Crippen LogP contribution in [0.4, 0.5) is 6.01 Å². The Morgan fingerprint density at radius 2 is 1.91 bits per heavy atom. The molecule has 4 aromatic rings. The minimum Gasteiger partial charge on any atom is -0.324 e. The summed E-state index contributed by atoms with van der Waals surface area (Å²) in [4.78, 5) is 11.7. The Kier molecular flexibility index (Phi) is 5.89. The van der Waals surface area contributed by atoms with Crippen LogP contribution >= 0.6 is 0 Å². The van der Waals surface area contributed by atoms with Gasteiger partial charge in [-0.2, -0.15) is 4.98 Å². The van der Waals surface area contributed by atoms with Crippen molar-refractivity contribution in [3.05, 3.63) is 60.2 Å². The summed E-state index contributed by atoms with van der Waals surface area (Å²) in [6, 6.07) is 11.9. The van der Waals surface area contributed by atoms with Gasteiger partial charge in [0.2, 0.25) is 0 Å². The number of piperidine rings is 1. The molecule has 8 nitrogen and oxygen atoms in total. The Morgan fingerprint density at radius 1 is 1.12 bits per heavy atom. The number of sulfone groups is 1. The molecule has 1 fully saturated rings. The lowest BCUT2D eigenvalue weighted by molar-refractivity contribution is 0.359. The number of rotatable bonds is 6. The number of nitrogens with zero attached hydrogens (tertiary/aromatic N) is 5. The number of hydrogen-bond donors (Lipinski definition) is 0. The number of anilines is 1. The van der Waals surface area contributed by atoms with Crippen molar-refractivity contribution in [2.75, 3.05) is 24.2 Å². The Hall–Kier alpha value is -3.20. The van der Waals surface area contributed by atoms with Crippen LogP contribution < -0.4 is 4.90 Å². The van der Waals surface area contributed by atoms with E-state index in [2.05, 4.69) is 35.0 Å². The first kappa shape index (κ1) is 22.6. The maximum atomic E-state index is 11.8. The second-order valence-electron chi connectivity index (χ2n) is 9.43. The Balaban J connectivity index is 1.23. The highest BCUT2D eigenvalue weighted by Gasteiger charge is 2.24. The molecular formula is C25H29N5O3S. The third kappa shape index (κ3) is 4.57. The van der Waals surface area contributed by atoms with Crippen LogP contribution in [-0.2, 0) is 16.3 Å². The fourth-order valence-corrected chi connectivity index (χ4v) is 5.14. The molecule has 0 unspecified atom stereocenters. The lowest BCUT2D eigenvalue weighted by Gasteiger charge is -2.30. The average Bonchev–Trinajstić information content (AvgIpc) is 3.47. The topological polar surface area (TPSA) is 94.1 Å². The molecule has 1 saturated heterocycles. The fourth-order valence-electron chi connectivity index (χ4n) is 4.48. The van der Waals surface area contributed by atoms with Crippen LogP contribution in [0, 0.1) is 5.92 Å². The summed E-state index contributed by atoms with van der Waals surface area (Å²) < 4.78 is 31.1. The highest BCUT2D eigenvalue weighted by molar-refractivity contribution is 7.90. The molecule has 0 atom stereocenters. The first-order valence-corrected chi connectivity index (χ1v) is 13.5. The van der Waals surface area contributed by atoms with E-state index in [4.69, 9.17) is 9.51 Å². The van der Waals surface area contributed by atoms with E-state index in [1.54, 1.807) is 12.1 Å². The summed E-state index contributed by atoms with van der Waals surface area (Å²) in [5.41, 5.74) is 2.15. The monoisotopic (exact) mass is 479 g/mol. The van der Waals surface area contributed by atoms with E-state index in [0.717, 1.165) is 54.9 Å². The molecule has 0 aliphatic carbocycles. The van der Waals surface area contributed by atoms with Gasteiger partial charge < -0.3 is 14.0 Å². The smallest absolute Gasteiger partial charge is 0.324 e. The fraction of sp³-hybridized carbons (Fsp3) is 0.400. The van der Waals surface area contributed by atoms with Crippen LogP contribution in [-0.4, -0.2) is 47.5 Å². The van der Waals surface area contributed by atoms with Crippen molar-refractivity contribution in [1.82, 2.24) is 19.7 Å². The van der Waals surface area contributed by atoms with Crippen molar-refractivity contribution in [1.29, 1.82) is 0 Å². The number of benzene rings is 1. The molecule has 0 bridgehead atoms. The van der Waals surface area contributed by atoms with Gasteiger partial charge in [-0.3, -0.25) is 0 Å². The van der Waals surface area contributed by atoms with E-state index in [1.807, 2.05) is 35.2 Å². The predicted octanol–water partition coefficient (Wildman–Crippen LogP) is 4.39. The average molecular weight is 480 g/mol. The summed E-state index contributed by atoms with van der Waals surface area (Å²) in [6.07, 6.45) is 8.25. The molecular weight excluding hydrogens is 450 g/mol. The minimum atomic E-state index is -3.23. The minimum absolute atomic E-state index is 0.264. The lowest BCUT2D eigenvalue weighted by atomic mass is 9.91. The summed E-state index contributed by atoms with van der Waals surface area (Å²) in [7, 11) is -3.23. The van der Waals surface area contributed by atoms with Crippen LogP contribution in [0.15, 0.2) is 58.2 Å². The van der Waals surface area contributed by atoms with E-state index in [1.165, 1.54) is 11.8 Å². The van der Waals surface area contributed by atoms with Crippen molar-refractivity contribution in [2.24, 2.45) is 5.92 Å². The van der Waals surface area contributed by atoms with E-state index in [9.17, 15) is 8.42 Å². The van der Waals surface area contributed by atoms with Gasteiger partial charge in [-0.25, -0.2) is 13.4 Å². The van der Waals surface area contributed by atoms with Crippen molar-refractivity contribution in [3.8, 4) is 5.82 Å². The molecule has 0 radical (unpaired) electrons. The van der Waals surface area contributed by atoms with Gasteiger partial charge >= 0.3 is 6.01 Å². The standard InChI is InChI=1S/C25H29N5O3S/c1-17(2)24-27-25(33-28-24)29-11-8-18(9-12-29)14-19-4-7-23(26-16-19)30-13-10-20-15-21(34(3,31)32)5-6-22(20)30/h4-7,10,13,15-18H,8-9,11-12,14H2,1-3H3. The highest BCUT2D eigenvalue weighted by atomic mass is 32.2. The van der Waals surface area contributed by atoms with E-state index in [-0.39, 0.29) is 5.92 Å². The molecule has 9 heteroatoms. The first-order chi connectivity index (χ1) is 16.3. The largest absolute Gasteiger partial charge is 0.324 e. The second-order valence-corrected chi connectivity index (χ2v) is 11.4. The molecule has 5 rings (SSSR count). The van der Waals surface area contributed by atoms with Crippen LogP contribution in [0.25, 0.3) is 16.7 Å². The summed E-state index contributed by atoms with van der Waals surface area (Å²) in [6.45, 7) is 5.96. The Bertz CT molecular complexity index is 1400. The van der Waals surface area contributed by atoms with Gasteiger partial charge in [0.15, 0.2) is 15.7 Å². The van der Waals surface area contributed by atoms with Gasteiger partial charge in [-0.1, -0.05) is 25.1 Å². The molecule has 0 spiro atoms. The normalized spacial score (nSPS) is 15.5. The Morgan fingerprint density at radius 3 is 2.56 bits per heavy atom. The molecule has 0 N–H and O–H groups in total. The van der Waals surface area contributed by atoms with E-state index in [0.29, 0.717) is 16.8 Å². The molecule has 3 aromatic heterocycles. The molecule has 0 saturated carbocycles. The number of pyridine rings is 1. The van der Waals surface area contributed by atoms with E-state index < -0.39 is 9.84 Å². The molecule has 1 aliphatic heterocycles. The van der Waals surface area contributed by atoms with E-state index >= 15 is 0 Å². The SMILES string of the molecule is CC(C)c1noc(N2CCC(Cc3ccc(-n4ccc5cc(S(C)(=O)=O)ccc54)nc3)CC2)n1. The van der Waals surface area contributed by atoms with Crippen LogP contribution in [0.3, 0.4) is 0 Å². The molecule has 4 heterocycles. The van der Waals surface area contributed by atoms with Gasteiger partial charge in [-0.15, -0.1) is 0 Å². The summed E-state index contributed by atoms with van der Waals surface area (Å²) >= 11 is 0. The summed E-state index contributed by atoms with van der Waals surface area (Å²) in [5, 5.41) is 4.95. The Labute approximate surface area is 199 Å². The third-order valence-corrected chi connectivity index (χ3v) is 7.61. The zero-order valence-electron chi connectivity index (χ0n) is 19.7. The highest BCUT2D eigenvalue weighted by Crippen LogP contribution is 2.27. The van der Waals surface area contributed by atoms with Gasteiger partial charge in [0.05, 0.1) is 10.4 Å². The third-order valence-electron chi connectivity index (χ3n) is 6.50. The molecule has 1 aromatic carbocycles. The van der Waals surface area contributed by atoms with Crippen molar-refractivity contribution in [2.45, 2.75) is 43.9 Å².